The molecule has 1 aliphatic heterocycles. The summed E-state index contributed by atoms with van der Waals surface area (Å²) >= 11 is 5.96. The highest BCUT2D eigenvalue weighted by Crippen LogP contribution is 2.26. The van der Waals surface area contributed by atoms with Crippen LogP contribution in [-0.4, -0.2) is 17.4 Å². The van der Waals surface area contributed by atoms with Crippen molar-refractivity contribution in [1.29, 1.82) is 0 Å². The largest absolute Gasteiger partial charge is 0.398 e. The summed E-state index contributed by atoms with van der Waals surface area (Å²) in [7, 11) is 0. The molecule has 21 heavy (non-hydrogen) atoms. The van der Waals surface area contributed by atoms with Gasteiger partial charge in [0.1, 0.15) is 5.82 Å². The van der Waals surface area contributed by atoms with E-state index >= 15 is 0 Å². The number of anilines is 1. The average molecular weight is 305 g/mol. The van der Waals surface area contributed by atoms with Crippen LogP contribution in [0.5, 0.6) is 0 Å². The Morgan fingerprint density at radius 3 is 2.86 bits per heavy atom. The number of nitrogens with two attached hydrogens (primary N) is 1. The Hall–Kier alpha value is -2.07. The lowest BCUT2D eigenvalue weighted by Crippen LogP contribution is -2.36. The second kappa shape index (κ2) is 5.37. The summed E-state index contributed by atoms with van der Waals surface area (Å²) in [6, 6.07) is 9.55. The Morgan fingerprint density at radius 2 is 2.10 bits per heavy atom. The zero-order valence-electron chi connectivity index (χ0n) is 11.3. The molecule has 2 aromatic carbocycles. The monoisotopic (exact) mass is 304 g/mol. The number of rotatable bonds is 1. The van der Waals surface area contributed by atoms with E-state index in [1.54, 1.807) is 4.90 Å². The number of nitrogens with zero attached hydrogens (tertiary/aromatic N) is 1. The van der Waals surface area contributed by atoms with Gasteiger partial charge in [-0.05, 0) is 41.8 Å². The third-order valence-electron chi connectivity index (χ3n) is 3.75. The predicted molar refractivity (Wildman–Crippen MR) is 80.7 cm³/mol. The van der Waals surface area contributed by atoms with Crippen LogP contribution in [0, 0.1) is 5.82 Å². The third-order valence-corrected chi connectivity index (χ3v) is 4.06. The van der Waals surface area contributed by atoms with Gasteiger partial charge in [0.2, 0.25) is 0 Å². The van der Waals surface area contributed by atoms with Crippen LogP contribution in [0.1, 0.15) is 21.5 Å². The average Bonchev–Trinajstić information content (AvgIpc) is 2.46. The van der Waals surface area contributed by atoms with Crippen molar-refractivity contribution in [2.75, 3.05) is 12.3 Å². The highest BCUT2D eigenvalue weighted by molar-refractivity contribution is 6.33. The number of benzene rings is 2. The first-order chi connectivity index (χ1) is 10.1. The molecule has 0 spiro atoms. The van der Waals surface area contributed by atoms with Crippen LogP contribution in [0.3, 0.4) is 0 Å². The Labute approximate surface area is 127 Å². The molecule has 0 saturated heterocycles. The first kappa shape index (κ1) is 13.9. The number of hydrogen-bond acceptors (Lipinski definition) is 2. The van der Waals surface area contributed by atoms with Crippen molar-refractivity contribution in [3.8, 4) is 0 Å². The van der Waals surface area contributed by atoms with Crippen molar-refractivity contribution >= 4 is 23.2 Å². The smallest absolute Gasteiger partial charge is 0.255 e. The maximum Gasteiger partial charge on any atom is 0.255 e. The van der Waals surface area contributed by atoms with Crippen LogP contribution in [0.25, 0.3) is 0 Å². The molecule has 1 aliphatic rings. The molecule has 0 aliphatic carbocycles. The predicted octanol–water partition coefficient (Wildman–Crippen LogP) is 3.26. The number of carbonyl (C=O) groups excluding carboxylic acids is 1. The van der Waals surface area contributed by atoms with E-state index in [4.69, 9.17) is 17.3 Å². The molecule has 5 heteroatoms. The molecular formula is C16H14ClFN2O. The van der Waals surface area contributed by atoms with Gasteiger partial charge < -0.3 is 10.6 Å². The van der Waals surface area contributed by atoms with Gasteiger partial charge in [-0.1, -0.05) is 23.7 Å². The zero-order chi connectivity index (χ0) is 15.0. The van der Waals surface area contributed by atoms with Crippen LogP contribution in [0.15, 0.2) is 36.4 Å². The lowest BCUT2D eigenvalue weighted by molar-refractivity contribution is 0.0735. The van der Waals surface area contributed by atoms with Gasteiger partial charge in [0.15, 0.2) is 0 Å². The van der Waals surface area contributed by atoms with E-state index in [1.165, 1.54) is 12.1 Å². The summed E-state index contributed by atoms with van der Waals surface area (Å²) in [5.41, 5.74) is 9.19. The molecule has 0 atom stereocenters. The molecule has 0 bridgehead atoms. The highest BCUT2D eigenvalue weighted by atomic mass is 35.5. The van der Waals surface area contributed by atoms with Crippen LogP contribution >= 0.6 is 11.6 Å². The molecule has 0 saturated carbocycles. The SMILES string of the molecule is Nc1cccc2c1CCN(C(=O)c1ccc(F)cc1Cl)C2. The standard InChI is InChI=1S/C16H14ClFN2O/c17-14-8-11(18)4-5-13(14)16(21)20-7-6-12-10(9-20)2-1-3-15(12)19/h1-5,8H,6-7,9,19H2. The lowest BCUT2D eigenvalue weighted by atomic mass is 9.97. The van der Waals surface area contributed by atoms with Crippen molar-refractivity contribution in [2.45, 2.75) is 13.0 Å². The zero-order valence-corrected chi connectivity index (χ0v) is 12.0. The molecule has 2 aromatic rings. The Kier molecular flexibility index (Phi) is 3.55. The first-order valence-corrected chi connectivity index (χ1v) is 7.04. The van der Waals surface area contributed by atoms with Gasteiger partial charge in [-0.3, -0.25) is 4.79 Å². The topological polar surface area (TPSA) is 46.3 Å². The Morgan fingerprint density at radius 1 is 1.29 bits per heavy atom. The fraction of sp³-hybridized carbons (Fsp3) is 0.188. The van der Waals surface area contributed by atoms with Gasteiger partial charge >= 0.3 is 0 Å². The highest BCUT2D eigenvalue weighted by Gasteiger charge is 2.24. The van der Waals surface area contributed by atoms with Gasteiger partial charge in [-0.15, -0.1) is 0 Å². The minimum Gasteiger partial charge on any atom is -0.398 e. The molecule has 3 nitrogen and oxygen atoms in total. The number of amides is 1. The summed E-state index contributed by atoms with van der Waals surface area (Å²) < 4.78 is 13.1. The quantitative estimate of drug-likeness (QED) is 0.822. The van der Waals surface area contributed by atoms with E-state index < -0.39 is 5.82 Å². The van der Waals surface area contributed by atoms with E-state index in [2.05, 4.69) is 0 Å². The summed E-state index contributed by atoms with van der Waals surface area (Å²) in [6.07, 6.45) is 0.715. The minimum atomic E-state index is -0.451. The van der Waals surface area contributed by atoms with Crippen molar-refractivity contribution in [1.82, 2.24) is 4.90 Å². The number of nitrogen functional groups attached to an aromatic ring is 1. The fourth-order valence-corrected chi connectivity index (χ4v) is 2.89. The normalized spacial score (nSPS) is 13.9. The first-order valence-electron chi connectivity index (χ1n) is 6.67. The molecule has 0 radical (unpaired) electrons. The summed E-state index contributed by atoms with van der Waals surface area (Å²) in [5.74, 6) is -0.638. The van der Waals surface area contributed by atoms with E-state index in [0.29, 0.717) is 25.1 Å². The summed E-state index contributed by atoms with van der Waals surface area (Å²) in [4.78, 5) is 14.2. The van der Waals surface area contributed by atoms with Crippen molar-refractivity contribution in [3.05, 3.63) is 63.9 Å². The number of carbonyl (C=O) groups is 1. The molecular weight excluding hydrogens is 291 g/mol. The Bertz CT molecular complexity index is 717. The van der Waals surface area contributed by atoms with Gasteiger partial charge in [-0.25, -0.2) is 4.39 Å². The maximum absolute atomic E-state index is 13.1. The van der Waals surface area contributed by atoms with Crippen LogP contribution < -0.4 is 5.73 Å². The minimum absolute atomic E-state index is 0.137. The molecule has 0 fully saturated rings. The summed E-state index contributed by atoms with van der Waals surface area (Å²) in [6.45, 7) is 1.07. The van der Waals surface area contributed by atoms with E-state index in [1.807, 2.05) is 18.2 Å². The van der Waals surface area contributed by atoms with Gasteiger partial charge in [-0.2, -0.15) is 0 Å². The van der Waals surface area contributed by atoms with Gasteiger partial charge in [0.05, 0.1) is 10.6 Å². The molecule has 0 unspecified atom stereocenters. The second-order valence-electron chi connectivity index (χ2n) is 5.09. The molecule has 2 N–H and O–H groups in total. The molecule has 1 heterocycles. The second-order valence-corrected chi connectivity index (χ2v) is 5.49. The Balaban J connectivity index is 1.87. The number of halogens is 2. The van der Waals surface area contributed by atoms with Crippen LogP contribution in [0.4, 0.5) is 10.1 Å². The number of fused-ring (bicyclic) bond motifs is 1. The van der Waals surface area contributed by atoms with Crippen LogP contribution in [-0.2, 0) is 13.0 Å². The lowest BCUT2D eigenvalue weighted by Gasteiger charge is -2.30. The fourth-order valence-electron chi connectivity index (χ4n) is 2.65. The molecule has 1 amide bonds. The van der Waals surface area contributed by atoms with Crippen LogP contribution in [0.2, 0.25) is 5.02 Å². The maximum atomic E-state index is 13.1. The van der Waals surface area contributed by atoms with E-state index in [9.17, 15) is 9.18 Å². The van der Waals surface area contributed by atoms with Crippen molar-refractivity contribution < 1.29 is 9.18 Å². The van der Waals surface area contributed by atoms with Gasteiger partial charge in [0, 0.05) is 18.8 Å². The van der Waals surface area contributed by atoms with E-state index in [0.717, 1.165) is 22.9 Å². The summed E-state index contributed by atoms with van der Waals surface area (Å²) in [5, 5.41) is 0.137. The molecule has 3 rings (SSSR count). The molecule has 108 valence electrons. The van der Waals surface area contributed by atoms with Crippen molar-refractivity contribution in [2.24, 2.45) is 0 Å². The number of hydrogen-bond donors (Lipinski definition) is 1. The third kappa shape index (κ3) is 2.59. The van der Waals surface area contributed by atoms with E-state index in [-0.39, 0.29) is 10.9 Å². The van der Waals surface area contributed by atoms with Crippen molar-refractivity contribution in [3.63, 3.8) is 0 Å². The van der Waals surface area contributed by atoms with Gasteiger partial charge in [0.25, 0.3) is 5.91 Å². The molecule has 0 aromatic heterocycles.